The van der Waals surface area contributed by atoms with E-state index in [2.05, 4.69) is 0 Å². The van der Waals surface area contributed by atoms with Crippen LogP contribution >= 0.6 is 0 Å². The molecule has 8 aliphatic carbocycles. The van der Waals surface area contributed by atoms with E-state index in [0.717, 1.165) is 12.8 Å². The molecule has 2 unspecified atom stereocenters. The molecule has 6 nitrogen and oxygen atoms in total. The van der Waals surface area contributed by atoms with Gasteiger partial charge in [-0.15, -0.1) is 0 Å². The van der Waals surface area contributed by atoms with Gasteiger partial charge in [-0.1, -0.05) is 0 Å². The average molecular weight is 384 g/mol. The zero-order valence-electron chi connectivity index (χ0n) is 16.1. The SMILES string of the molecule is COC(=O)C12[C@@H]3[C@@H]4CCC(=O)[C@@H]4[C@@H]4[C@@H]3[C@@H]3[C@@H]1[C@@H]1CCC(=O)[C@@H]1[C@@H]3C42C(=O)OC. The predicted octanol–water partition coefficient (Wildman–Crippen LogP) is 1.26. The van der Waals surface area contributed by atoms with Crippen molar-refractivity contribution in [2.75, 3.05) is 14.2 Å². The van der Waals surface area contributed by atoms with Gasteiger partial charge in [0.05, 0.1) is 25.0 Å². The molecule has 8 rings (SSSR count). The second kappa shape index (κ2) is 4.39. The van der Waals surface area contributed by atoms with Crippen LogP contribution in [-0.2, 0) is 28.7 Å². The van der Waals surface area contributed by atoms with E-state index < -0.39 is 10.8 Å². The lowest BCUT2D eigenvalue weighted by molar-refractivity contribution is -0.208. The normalized spacial score (nSPS) is 60.6. The summed E-state index contributed by atoms with van der Waals surface area (Å²) in [4.78, 5) is 52.8. The number of fused-ring (bicyclic) bond motifs is 2. The summed E-state index contributed by atoms with van der Waals surface area (Å²) in [7, 11) is 2.80. The first-order valence-electron chi connectivity index (χ1n) is 10.7. The molecule has 12 atom stereocenters. The third kappa shape index (κ3) is 1.10. The molecule has 0 aliphatic heterocycles. The molecule has 0 spiro atoms. The number of hydrogen-bond donors (Lipinski definition) is 0. The first kappa shape index (κ1) is 16.1. The van der Waals surface area contributed by atoms with Crippen LogP contribution in [0.15, 0.2) is 0 Å². The number of Topliss-reactive ketones (excluding diaryl/α,β-unsaturated/α-hetero) is 2. The van der Waals surface area contributed by atoms with Crippen molar-refractivity contribution in [3.63, 3.8) is 0 Å². The molecule has 148 valence electrons. The number of ether oxygens (including phenoxy) is 2. The standard InChI is InChI=1S/C22H24O6/c1-27-19(25)21-15-7-3-5-9(23)11(7)17-13(15)14-16(21)8-4-6-10(24)12(8)18(14)22(17,21)20(26)28-2/h7-8,11-18H,3-6H2,1-2H3/t7-,8-,11-,12-,13-,14-,15-,16+,17-,18+,21?,22?/m1/s1. The zero-order valence-corrected chi connectivity index (χ0v) is 16.1. The minimum Gasteiger partial charge on any atom is -0.469 e. The average Bonchev–Trinajstić information content (AvgIpc) is 3.49. The quantitative estimate of drug-likeness (QED) is 0.666. The molecule has 6 heteroatoms. The van der Waals surface area contributed by atoms with Crippen LogP contribution in [0.25, 0.3) is 0 Å². The highest BCUT2D eigenvalue weighted by Gasteiger charge is 3.01. The summed E-state index contributed by atoms with van der Waals surface area (Å²) in [5.74, 6) is 0.217. The molecule has 8 saturated carbocycles. The maximum absolute atomic E-state index is 13.6. The summed E-state index contributed by atoms with van der Waals surface area (Å²) in [5, 5.41) is 0. The number of rotatable bonds is 2. The van der Waals surface area contributed by atoms with E-state index in [1.165, 1.54) is 14.2 Å². The topological polar surface area (TPSA) is 86.7 Å². The van der Waals surface area contributed by atoms with Gasteiger partial charge >= 0.3 is 11.9 Å². The van der Waals surface area contributed by atoms with Crippen molar-refractivity contribution in [2.24, 2.45) is 70.0 Å². The predicted molar refractivity (Wildman–Crippen MR) is 92.3 cm³/mol. The molecule has 0 amide bonds. The molecule has 0 N–H and O–H groups in total. The summed E-state index contributed by atoms with van der Waals surface area (Å²) in [6.45, 7) is 0. The minimum atomic E-state index is -1.03. The van der Waals surface area contributed by atoms with Crippen LogP contribution in [0.5, 0.6) is 0 Å². The molecule has 28 heavy (non-hydrogen) atoms. The van der Waals surface area contributed by atoms with Gasteiger partial charge in [0.25, 0.3) is 0 Å². The molecule has 0 radical (unpaired) electrons. The largest absolute Gasteiger partial charge is 0.469 e. The summed E-state index contributed by atoms with van der Waals surface area (Å²) >= 11 is 0. The Labute approximate surface area is 162 Å². The summed E-state index contributed by atoms with van der Waals surface area (Å²) in [5.41, 5.74) is -1.90. The van der Waals surface area contributed by atoms with Crippen LogP contribution in [0.2, 0.25) is 0 Å². The number of ketones is 2. The lowest BCUT2D eigenvalue weighted by Gasteiger charge is -2.57. The molecule has 0 saturated heterocycles. The van der Waals surface area contributed by atoms with E-state index in [4.69, 9.17) is 9.47 Å². The van der Waals surface area contributed by atoms with Crippen LogP contribution < -0.4 is 0 Å². The molecular weight excluding hydrogens is 360 g/mol. The fourth-order valence-electron chi connectivity index (χ4n) is 11.2. The molecule has 0 heterocycles. The second-order valence-electron chi connectivity index (χ2n) is 10.4. The van der Waals surface area contributed by atoms with Gasteiger partial charge in [-0.3, -0.25) is 19.2 Å². The number of hydrogen-bond acceptors (Lipinski definition) is 6. The van der Waals surface area contributed by atoms with Crippen LogP contribution in [0.4, 0.5) is 0 Å². The van der Waals surface area contributed by atoms with E-state index in [1.54, 1.807) is 0 Å². The minimum absolute atomic E-state index is 0.0448. The molecule has 8 fully saturated rings. The molecule has 0 aromatic heterocycles. The first-order valence-corrected chi connectivity index (χ1v) is 10.7. The maximum Gasteiger partial charge on any atom is 0.313 e. The molecule has 8 bridgehead atoms. The zero-order chi connectivity index (χ0) is 19.3. The van der Waals surface area contributed by atoms with Crippen molar-refractivity contribution < 1.29 is 28.7 Å². The van der Waals surface area contributed by atoms with Crippen molar-refractivity contribution >= 4 is 23.5 Å². The van der Waals surface area contributed by atoms with E-state index in [-0.39, 0.29) is 82.7 Å². The van der Waals surface area contributed by atoms with E-state index in [9.17, 15) is 19.2 Å². The van der Waals surface area contributed by atoms with Gasteiger partial charge < -0.3 is 9.47 Å². The van der Waals surface area contributed by atoms with Crippen LogP contribution in [0.1, 0.15) is 25.7 Å². The highest BCUT2D eigenvalue weighted by atomic mass is 16.5. The molecule has 0 aromatic rings. The van der Waals surface area contributed by atoms with Gasteiger partial charge in [0.1, 0.15) is 11.6 Å². The third-order valence-corrected chi connectivity index (χ3v) is 10.7. The number of esters is 2. The number of carbonyl (C=O) groups excluding carboxylic acids is 4. The van der Waals surface area contributed by atoms with E-state index in [1.807, 2.05) is 0 Å². The fraction of sp³-hybridized carbons (Fsp3) is 0.818. The highest BCUT2D eigenvalue weighted by molar-refractivity contribution is 5.99. The second-order valence-corrected chi connectivity index (χ2v) is 10.4. The van der Waals surface area contributed by atoms with Crippen molar-refractivity contribution in [3.8, 4) is 0 Å². The van der Waals surface area contributed by atoms with Crippen LogP contribution in [-0.4, -0.2) is 37.7 Å². The summed E-state index contributed by atoms with van der Waals surface area (Å²) in [6, 6.07) is 0. The van der Waals surface area contributed by atoms with Crippen molar-refractivity contribution in [1.82, 2.24) is 0 Å². The van der Waals surface area contributed by atoms with Crippen LogP contribution in [0, 0.1) is 70.0 Å². The Morgan fingerprint density at radius 2 is 1.14 bits per heavy atom. The Kier molecular flexibility index (Phi) is 2.53. The third-order valence-electron chi connectivity index (χ3n) is 10.7. The fourth-order valence-corrected chi connectivity index (χ4v) is 11.2. The Morgan fingerprint density at radius 3 is 1.54 bits per heavy atom. The number of methoxy groups -OCH3 is 2. The lowest BCUT2D eigenvalue weighted by atomic mass is 9.43. The van der Waals surface area contributed by atoms with Gasteiger partial charge in [0.15, 0.2) is 0 Å². The summed E-state index contributed by atoms with van der Waals surface area (Å²) < 4.78 is 10.8. The van der Waals surface area contributed by atoms with Crippen LogP contribution in [0.3, 0.4) is 0 Å². The molecular formula is C22H24O6. The highest BCUT2D eigenvalue weighted by Crippen LogP contribution is 2.97. The van der Waals surface area contributed by atoms with E-state index in [0.29, 0.717) is 12.8 Å². The van der Waals surface area contributed by atoms with Gasteiger partial charge in [0, 0.05) is 24.7 Å². The van der Waals surface area contributed by atoms with Crippen molar-refractivity contribution in [3.05, 3.63) is 0 Å². The van der Waals surface area contributed by atoms with Gasteiger partial charge in [-0.05, 0) is 60.2 Å². The first-order chi connectivity index (χ1) is 13.5. The Balaban J connectivity index is 1.55. The van der Waals surface area contributed by atoms with Gasteiger partial charge in [0.2, 0.25) is 0 Å². The Morgan fingerprint density at radius 1 is 0.750 bits per heavy atom. The number of carbonyl (C=O) groups is 4. The van der Waals surface area contributed by atoms with Crippen molar-refractivity contribution in [1.29, 1.82) is 0 Å². The Bertz CT molecular complexity index is 839. The Hall–Kier alpha value is -1.72. The maximum atomic E-state index is 13.6. The monoisotopic (exact) mass is 384 g/mol. The van der Waals surface area contributed by atoms with E-state index >= 15 is 0 Å². The summed E-state index contributed by atoms with van der Waals surface area (Å²) in [6.07, 6.45) is 2.76. The van der Waals surface area contributed by atoms with Crippen molar-refractivity contribution in [2.45, 2.75) is 25.7 Å². The molecule has 0 aromatic carbocycles. The lowest BCUT2D eigenvalue weighted by Crippen LogP contribution is -2.66. The molecule has 8 aliphatic rings. The van der Waals surface area contributed by atoms with Gasteiger partial charge in [-0.2, -0.15) is 0 Å². The van der Waals surface area contributed by atoms with Gasteiger partial charge in [-0.25, -0.2) is 0 Å². The smallest absolute Gasteiger partial charge is 0.313 e.